The third-order valence-corrected chi connectivity index (χ3v) is 3.17. The summed E-state index contributed by atoms with van der Waals surface area (Å²) in [6.07, 6.45) is 2.36. The summed E-state index contributed by atoms with van der Waals surface area (Å²) in [4.78, 5) is 0. The zero-order valence-corrected chi connectivity index (χ0v) is 11.1. The van der Waals surface area contributed by atoms with Crippen molar-refractivity contribution in [1.29, 1.82) is 0 Å². The molecule has 0 bridgehead atoms. The first-order chi connectivity index (χ1) is 9.34. The molecule has 0 aliphatic heterocycles. The van der Waals surface area contributed by atoms with Gasteiger partial charge >= 0.3 is 0 Å². The minimum absolute atomic E-state index is 0.427. The van der Waals surface area contributed by atoms with E-state index in [1.54, 1.807) is 0 Å². The predicted molar refractivity (Wildman–Crippen MR) is 78.7 cm³/mol. The molecule has 2 nitrogen and oxygen atoms in total. The minimum Gasteiger partial charge on any atom is -0.379 e. The van der Waals surface area contributed by atoms with Gasteiger partial charge in [-0.15, -0.1) is 0 Å². The molecule has 1 unspecified atom stereocenters. The van der Waals surface area contributed by atoms with Crippen molar-refractivity contribution in [2.24, 2.45) is 0 Å². The smallest absolute Gasteiger partial charge is 0.105 e. The maximum absolute atomic E-state index is 9.88. The van der Waals surface area contributed by atoms with Crippen LogP contribution in [-0.2, 0) is 13.0 Å². The SMILES string of the molecule is OC(CCCc1ccccc1)NCc1ccccc1. The first-order valence-electron chi connectivity index (χ1n) is 6.84. The Morgan fingerprint density at radius 2 is 1.42 bits per heavy atom. The average Bonchev–Trinajstić information content (AvgIpc) is 2.47. The molecule has 2 aromatic carbocycles. The highest BCUT2D eigenvalue weighted by atomic mass is 16.3. The van der Waals surface area contributed by atoms with E-state index in [2.05, 4.69) is 41.7 Å². The summed E-state index contributed by atoms with van der Waals surface area (Å²) >= 11 is 0. The van der Waals surface area contributed by atoms with E-state index in [1.165, 1.54) is 11.1 Å². The highest BCUT2D eigenvalue weighted by Gasteiger charge is 2.03. The molecule has 0 spiro atoms. The summed E-state index contributed by atoms with van der Waals surface area (Å²) in [5.41, 5.74) is 2.53. The van der Waals surface area contributed by atoms with Crippen molar-refractivity contribution in [2.45, 2.75) is 32.0 Å². The van der Waals surface area contributed by atoms with Crippen LogP contribution in [0, 0.1) is 0 Å². The predicted octanol–water partition coefficient (Wildman–Crippen LogP) is 3.12. The van der Waals surface area contributed by atoms with Crippen LogP contribution in [0.4, 0.5) is 0 Å². The van der Waals surface area contributed by atoms with Crippen molar-refractivity contribution >= 4 is 0 Å². The summed E-state index contributed by atoms with van der Waals surface area (Å²) in [6, 6.07) is 20.5. The monoisotopic (exact) mass is 255 g/mol. The van der Waals surface area contributed by atoms with Crippen LogP contribution in [0.3, 0.4) is 0 Å². The van der Waals surface area contributed by atoms with Crippen LogP contribution in [0.2, 0.25) is 0 Å². The summed E-state index contributed by atoms with van der Waals surface area (Å²) in [5.74, 6) is 0. The van der Waals surface area contributed by atoms with Crippen molar-refractivity contribution in [3.63, 3.8) is 0 Å². The maximum atomic E-state index is 9.88. The molecule has 2 heteroatoms. The van der Waals surface area contributed by atoms with E-state index in [0.29, 0.717) is 6.54 Å². The van der Waals surface area contributed by atoms with E-state index >= 15 is 0 Å². The van der Waals surface area contributed by atoms with E-state index in [9.17, 15) is 5.11 Å². The number of benzene rings is 2. The zero-order chi connectivity index (χ0) is 13.3. The number of aryl methyl sites for hydroxylation is 1. The van der Waals surface area contributed by atoms with E-state index in [4.69, 9.17) is 0 Å². The van der Waals surface area contributed by atoms with Gasteiger partial charge in [-0.25, -0.2) is 0 Å². The molecule has 0 saturated heterocycles. The second kappa shape index (κ2) is 7.72. The van der Waals surface area contributed by atoms with Crippen LogP contribution in [0.25, 0.3) is 0 Å². The minimum atomic E-state index is -0.427. The van der Waals surface area contributed by atoms with Gasteiger partial charge in [-0.3, -0.25) is 5.32 Å². The Hall–Kier alpha value is -1.64. The molecular weight excluding hydrogens is 234 g/mol. The Labute approximate surface area is 115 Å². The Morgan fingerprint density at radius 3 is 2.05 bits per heavy atom. The molecule has 0 saturated carbocycles. The molecule has 0 aliphatic carbocycles. The lowest BCUT2D eigenvalue weighted by Crippen LogP contribution is -2.28. The van der Waals surface area contributed by atoms with Gasteiger partial charge in [0.05, 0.1) is 0 Å². The van der Waals surface area contributed by atoms with Crippen LogP contribution in [0.15, 0.2) is 60.7 Å². The third-order valence-electron chi connectivity index (χ3n) is 3.17. The Balaban J connectivity index is 1.64. The number of aliphatic hydroxyl groups excluding tert-OH is 1. The van der Waals surface area contributed by atoms with Crippen molar-refractivity contribution in [1.82, 2.24) is 5.32 Å². The van der Waals surface area contributed by atoms with Crippen molar-refractivity contribution in [2.75, 3.05) is 0 Å². The second-order valence-corrected chi connectivity index (χ2v) is 4.76. The number of hydrogen-bond donors (Lipinski definition) is 2. The molecule has 0 fully saturated rings. The standard InChI is InChI=1S/C17H21NO/c19-17(18-14-16-10-5-2-6-11-16)13-7-12-15-8-3-1-4-9-15/h1-6,8-11,17-19H,7,12-14H2. The van der Waals surface area contributed by atoms with E-state index < -0.39 is 6.23 Å². The average molecular weight is 255 g/mol. The maximum Gasteiger partial charge on any atom is 0.105 e. The first kappa shape index (κ1) is 13.8. The van der Waals surface area contributed by atoms with Crippen LogP contribution in [-0.4, -0.2) is 11.3 Å². The quantitative estimate of drug-likeness (QED) is 0.745. The number of hydrogen-bond acceptors (Lipinski definition) is 2. The molecule has 0 amide bonds. The Morgan fingerprint density at radius 1 is 0.842 bits per heavy atom. The van der Waals surface area contributed by atoms with E-state index in [-0.39, 0.29) is 0 Å². The van der Waals surface area contributed by atoms with Gasteiger partial charge in [0, 0.05) is 6.54 Å². The van der Waals surface area contributed by atoms with Gasteiger partial charge in [0.15, 0.2) is 0 Å². The molecular formula is C17H21NO. The van der Waals surface area contributed by atoms with Gasteiger partial charge in [0.25, 0.3) is 0 Å². The summed E-state index contributed by atoms with van der Waals surface area (Å²) < 4.78 is 0. The summed E-state index contributed by atoms with van der Waals surface area (Å²) in [7, 11) is 0. The Bertz CT molecular complexity index is 455. The van der Waals surface area contributed by atoms with Gasteiger partial charge in [-0.2, -0.15) is 0 Å². The van der Waals surface area contributed by atoms with Crippen LogP contribution < -0.4 is 5.32 Å². The topological polar surface area (TPSA) is 32.3 Å². The van der Waals surface area contributed by atoms with E-state index in [1.807, 2.05) is 24.3 Å². The van der Waals surface area contributed by atoms with Crippen molar-refractivity contribution < 1.29 is 5.11 Å². The number of nitrogens with one attached hydrogen (secondary N) is 1. The molecule has 1 atom stereocenters. The van der Waals surface area contributed by atoms with Gasteiger partial charge in [-0.1, -0.05) is 60.7 Å². The lowest BCUT2D eigenvalue weighted by molar-refractivity contribution is 0.123. The largest absolute Gasteiger partial charge is 0.379 e. The van der Waals surface area contributed by atoms with Crippen molar-refractivity contribution in [3.05, 3.63) is 71.8 Å². The fourth-order valence-corrected chi connectivity index (χ4v) is 2.08. The van der Waals surface area contributed by atoms with Gasteiger partial charge in [-0.05, 0) is 30.4 Å². The van der Waals surface area contributed by atoms with Crippen LogP contribution in [0.1, 0.15) is 24.0 Å². The fraction of sp³-hybridized carbons (Fsp3) is 0.294. The molecule has 2 N–H and O–H groups in total. The highest BCUT2D eigenvalue weighted by molar-refractivity contribution is 5.15. The summed E-state index contributed by atoms with van der Waals surface area (Å²) in [5, 5.41) is 13.0. The molecule has 2 aromatic rings. The normalized spacial score (nSPS) is 12.3. The molecule has 0 aliphatic rings. The number of aliphatic hydroxyl groups is 1. The molecule has 100 valence electrons. The molecule has 2 rings (SSSR count). The van der Waals surface area contributed by atoms with Crippen LogP contribution in [0.5, 0.6) is 0 Å². The van der Waals surface area contributed by atoms with Crippen molar-refractivity contribution in [3.8, 4) is 0 Å². The molecule has 19 heavy (non-hydrogen) atoms. The first-order valence-corrected chi connectivity index (χ1v) is 6.84. The molecule has 0 aromatic heterocycles. The van der Waals surface area contributed by atoms with Gasteiger partial charge in [0.2, 0.25) is 0 Å². The molecule has 0 heterocycles. The fourth-order valence-electron chi connectivity index (χ4n) is 2.08. The van der Waals surface area contributed by atoms with Crippen LogP contribution >= 0.6 is 0 Å². The van der Waals surface area contributed by atoms with Gasteiger partial charge < -0.3 is 5.11 Å². The van der Waals surface area contributed by atoms with Gasteiger partial charge in [0.1, 0.15) is 6.23 Å². The zero-order valence-electron chi connectivity index (χ0n) is 11.1. The Kier molecular flexibility index (Phi) is 5.60. The second-order valence-electron chi connectivity index (χ2n) is 4.76. The van der Waals surface area contributed by atoms with E-state index in [0.717, 1.165) is 19.3 Å². The lowest BCUT2D eigenvalue weighted by atomic mass is 10.1. The number of rotatable bonds is 7. The highest BCUT2D eigenvalue weighted by Crippen LogP contribution is 2.06. The third kappa shape index (κ3) is 5.25. The summed E-state index contributed by atoms with van der Waals surface area (Å²) in [6.45, 7) is 0.716. The molecule has 0 radical (unpaired) electrons. The lowest BCUT2D eigenvalue weighted by Gasteiger charge is -2.12.